The van der Waals surface area contributed by atoms with E-state index in [2.05, 4.69) is 15.3 Å². The van der Waals surface area contributed by atoms with Crippen LogP contribution in [0.5, 0.6) is 5.88 Å². The fourth-order valence-corrected chi connectivity index (χ4v) is 1.30. The van der Waals surface area contributed by atoms with Crippen molar-refractivity contribution < 1.29 is 14.6 Å². The van der Waals surface area contributed by atoms with Crippen LogP contribution >= 0.6 is 0 Å². The van der Waals surface area contributed by atoms with Crippen LogP contribution in [0.3, 0.4) is 0 Å². The molecule has 78 valence electrons. The number of aromatic nitrogens is 1. The Balaban J connectivity index is 2.41. The molecule has 0 amide bonds. The highest BCUT2D eigenvalue weighted by molar-refractivity contribution is 6.01. The average Bonchev–Trinajstić information content (AvgIpc) is 2.61. The summed E-state index contributed by atoms with van der Waals surface area (Å²) in [6.07, 6.45) is 0. The van der Waals surface area contributed by atoms with Gasteiger partial charge in [0.1, 0.15) is 5.82 Å². The molecule has 0 aliphatic carbocycles. The lowest BCUT2D eigenvalue weighted by Gasteiger charge is -2.09. The summed E-state index contributed by atoms with van der Waals surface area (Å²) in [5.74, 6) is 2.25. The number of rotatable bonds is 2. The Labute approximate surface area is 85.3 Å². The summed E-state index contributed by atoms with van der Waals surface area (Å²) >= 11 is 0. The summed E-state index contributed by atoms with van der Waals surface area (Å²) in [5, 5.41) is 12.1. The zero-order valence-corrected chi connectivity index (χ0v) is 8.00. The number of aliphatic hydroxyl groups excluding tert-OH is 1. The Hall–Kier alpha value is -2.20. The topological polar surface area (TPSA) is 86.7 Å². The van der Waals surface area contributed by atoms with E-state index in [1.165, 1.54) is 0 Å². The summed E-state index contributed by atoms with van der Waals surface area (Å²) in [4.78, 5) is 16.8. The van der Waals surface area contributed by atoms with E-state index < -0.39 is 0 Å². The molecule has 2 heterocycles. The minimum absolute atomic E-state index is 0.0649. The molecule has 0 bridgehead atoms. The molecule has 0 radical (unpaired) electrons. The van der Waals surface area contributed by atoms with Gasteiger partial charge in [-0.15, -0.1) is 0 Å². The van der Waals surface area contributed by atoms with Crippen LogP contribution in [-0.4, -0.2) is 28.5 Å². The number of hydrogen-bond donors (Lipinski definition) is 3. The third kappa shape index (κ3) is 1.58. The van der Waals surface area contributed by atoms with Crippen molar-refractivity contribution in [3.8, 4) is 5.88 Å². The Morgan fingerprint density at radius 3 is 3.13 bits per heavy atom. The van der Waals surface area contributed by atoms with Crippen molar-refractivity contribution in [3.05, 3.63) is 17.5 Å². The van der Waals surface area contributed by atoms with Crippen molar-refractivity contribution in [2.24, 2.45) is 4.99 Å². The second-order valence-corrected chi connectivity index (χ2v) is 2.87. The molecular formula is C9H9N3O3. The summed E-state index contributed by atoms with van der Waals surface area (Å²) in [6, 6.07) is 1.60. The van der Waals surface area contributed by atoms with Gasteiger partial charge in [-0.2, -0.15) is 4.99 Å². The van der Waals surface area contributed by atoms with Crippen LogP contribution in [0.2, 0.25) is 0 Å². The number of ether oxygens (including phenoxy) is 1. The highest BCUT2D eigenvalue weighted by Gasteiger charge is 2.19. The molecule has 0 saturated carbocycles. The lowest BCUT2D eigenvalue weighted by atomic mass is 10.3. The van der Waals surface area contributed by atoms with Gasteiger partial charge in [0.25, 0.3) is 0 Å². The molecular weight excluding hydrogens is 198 g/mol. The largest absolute Gasteiger partial charge is 0.493 e. The summed E-state index contributed by atoms with van der Waals surface area (Å²) in [6.45, 7) is 2.35. The van der Waals surface area contributed by atoms with Crippen LogP contribution < -0.4 is 10.1 Å². The molecule has 0 unspecified atom stereocenters. The predicted octanol–water partition coefficient (Wildman–Crippen LogP) is 0.817. The van der Waals surface area contributed by atoms with Crippen LogP contribution in [0.1, 0.15) is 12.5 Å². The van der Waals surface area contributed by atoms with Crippen molar-refractivity contribution in [1.29, 1.82) is 0 Å². The van der Waals surface area contributed by atoms with E-state index in [4.69, 9.17) is 4.74 Å². The monoisotopic (exact) mass is 207 g/mol. The second kappa shape index (κ2) is 3.51. The van der Waals surface area contributed by atoms with E-state index in [1.54, 1.807) is 12.0 Å². The first-order valence-electron chi connectivity index (χ1n) is 4.40. The normalized spacial score (nSPS) is 13.7. The van der Waals surface area contributed by atoms with Gasteiger partial charge in [-0.05, 0) is 6.92 Å². The van der Waals surface area contributed by atoms with Crippen LogP contribution in [0.25, 0.3) is 0 Å². The van der Waals surface area contributed by atoms with E-state index in [0.717, 1.165) is 0 Å². The number of aliphatic imine (C=N–C) groups is 1. The molecule has 0 aromatic carbocycles. The van der Waals surface area contributed by atoms with Crippen molar-refractivity contribution in [2.75, 3.05) is 11.9 Å². The maximum Gasteiger partial charge on any atom is 0.224 e. The molecule has 0 spiro atoms. The summed E-state index contributed by atoms with van der Waals surface area (Å²) in [5.41, 5.74) is 0.470. The van der Waals surface area contributed by atoms with Crippen molar-refractivity contribution in [1.82, 2.24) is 4.98 Å². The fraction of sp³-hybridized carbons (Fsp3) is 0.222. The van der Waals surface area contributed by atoms with Gasteiger partial charge >= 0.3 is 0 Å². The average molecular weight is 207 g/mol. The molecule has 3 N–H and O–H groups in total. The van der Waals surface area contributed by atoms with E-state index >= 15 is 0 Å². The van der Waals surface area contributed by atoms with Gasteiger partial charge in [0.05, 0.1) is 12.2 Å². The molecule has 6 heteroatoms. The van der Waals surface area contributed by atoms with Gasteiger partial charge in [-0.25, -0.2) is 4.79 Å². The Morgan fingerprint density at radius 2 is 2.47 bits per heavy atom. The second-order valence-electron chi connectivity index (χ2n) is 2.87. The van der Waals surface area contributed by atoms with E-state index in [9.17, 15) is 9.90 Å². The van der Waals surface area contributed by atoms with Crippen LogP contribution in [0, 0.1) is 0 Å². The Morgan fingerprint density at radius 1 is 1.67 bits per heavy atom. The Bertz CT molecular complexity index is 469. The molecule has 1 aliphatic rings. The van der Waals surface area contributed by atoms with E-state index in [0.29, 0.717) is 23.9 Å². The van der Waals surface area contributed by atoms with Gasteiger partial charge < -0.3 is 20.1 Å². The highest BCUT2D eigenvalue weighted by Crippen LogP contribution is 2.26. The van der Waals surface area contributed by atoms with Gasteiger partial charge in [0.2, 0.25) is 11.7 Å². The first-order chi connectivity index (χ1) is 7.24. The maximum atomic E-state index is 10.4. The lowest BCUT2D eigenvalue weighted by Crippen LogP contribution is -2.12. The number of nitrogens with zero attached hydrogens (tertiary/aromatic N) is 1. The first kappa shape index (κ1) is 9.36. The zero-order valence-electron chi connectivity index (χ0n) is 8.00. The molecule has 1 aliphatic heterocycles. The first-order valence-corrected chi connectivity index (χ1v) is 4.40. The van der Waals surface area contributed by atoms with E-state index in [-0.39, 0.29) is 11.7 Å². The SMILES string of the molecule is CCOc1cc2c([nH]1)NC(=C=O)N=C2O. The van der Waals surface area contributed by atoms with E-state index in [1.807, 2.05) is 6.92 Å². The minimum atomic E-state index is -0.232. The molecule has 15 heavy (non-hydrogen) atoms. The molecule has 0 atom stereocenters. The van der Waals surface area contributed by atoms with Gasteiger partial charge in [-0.1, -0.05) is 0 Å². The smallest absolute Gasteiger partial charge is 0.224 e. The number of nitrogens with one attached hydrogen (secondary N) is 2. The number of aliphatic hydroxyl groups is 1. The van der Waals surface area contributed by atoms with Gasteiger partial charge in [-0.3, -0.25) is 0 Å². The number of anilines is 1. The predicted molar refractivity (Wildman–Crippen MR) is 54.0 cm³/mol. The quantitative estimate of drug-likeness (QED) is 0.626. The highest BCUT2D eigenvalue weighted by atomic mass is 16.5. The van der Waals surface area contributed by atoms with Crippen molar-refractivity contribution in [2.45, 2.75) is 6.92 Å². The maximum absolute atomic E-state index is 10.4. The van der Waals surface area contributed by atoms with Crippen LogP contribution in [0.4, 0.5) is 5.82 Å². The number of fused-ring (bicyclic) bond motifs is 1. The molecule has 6 nitrogen and oxygen atoms in total. The Kier molecular flexibility index (Phi) is 2.19. The number of carbonyl (C=O) groups excluding carboxylic acids is 1. The molecule has 0 fully saturated rings. The lowest BCUT2D eigenvalue weighted by molar-refractivity contribution is 0.329. The van der Waals surface area contributed by atoms with Crippen LogP contribution in [-0.2, 0) is 4.79 Å². The summed E-state index contributed by atoms with van der Waals surface area (Å²) < 4.78 is 5.21. The third-order valence-electron chi connectivity index (χ3n) is 1.89. The number of aromatic amines is 1. The van der Waals surface area contributed by atoms with Gasteiger partial charge in [0.15, 0.2) is 11.8 Å². The molecule has 0 saturated heterocycles. The zero-order chi connectivity index (χ0) is 10.8. The number of hydrogen-bond acceptors (Lipinski definition) is 4. The van der Waals surface area contributed by atoms with Gasteiger partial charge in [0, 0.05) is 6.07 Å². The minimum Gasteiger partial charge on any atom is -0.493 e. The fourth-order valence-electron chi connectivity index (χ4n) is 1.30. The molecule has 1 aromatic heterocycles. The molecule has 2 rings (SSSR count). The number of H-pyrrole nitrogens is 1. The standard InChI is InChI=1S/C9H9N3O3/c1-2-15-7-3-5-8(12-7)10-6(4-13)11-9(5)14/h3,10,12H,2H2,1H3,(H,11,14). The van der Waals surface area contributed by atoms with Crippen molar-refractivity contribution >= 4 is 17.7 Å². The third-order valence-corrected chi connectivity index (χ3v) is 1.89. The summed E-state index contributed by atoms with van der Waals surface area (Å²) in [7, 11) is 0. The molecule has 1 aromatic rings. The van der Waals surface area contributed by atoms with Crippen LogP contribution in [0.15, 0.2) is 16.9 Å². The van der Waals surface area contributed by atoms with Crippen molar-refractivity contribution in [3.63, 3.8) is 0 Å².